The van der Waals surface area contributed by atoms with Crippen molar-refractivity contribution in [3.05, 3.63) is 0 Å². The maximum Gasteiger partial charge on any atom is 0.309 e. The van der Waals surface area contributed by atoms with E-state index in [1.165, 1.54) is 38.5 Å². The zero-order valence-electron chi connectivity index (χ0n) is 40.1. The molecule has 9 aliphatic rings. The van der Waals surface area contributed by atoms with Crippen LogP contribution in [0.15, 0.2) is 0 Å². The third kappa shape index (κ3) is 6.11. The summed E-state index contributed by atoms with van der Waals surface area (Å²) in [5, 5.41) is 13.4. The molecular formula is C52H83N3O6. The van der Waals surface area contributed by atoms with Gasteiger partial charge in [0, 0.05) is 43.6 Å². The summed E-state index contributed by atoms with van der Waals surface area (Å²) >= 11 is 0. The van der Waals surface area contributed by atoms with Crippen LogP contribution in [-0.2, 0) is 23.9 Å². The summed E-state index contributed by atoms with van der Waals surface area (Å²) in [5.41, 5.74) is -0.561. The minimum atomic E-state index is -0.814. The summed E-state index contributed by atoms with van der Waals surface area (Å²) in [7, 11) is 0. The molecule has 8 saturated carbocycles. The van der Waals surface area contributed by atoms with Gasteiger partial charge in [-0.05, 0) is 159 Å². The van der Waals surface area contributed by atoms with E-state index in [0.717, 1.165) is 77.7 Å². The number of esters is 1. The van der Waals surface area contributed by atoms with E-state index >= 15 is 4.79 Å². The van der Waals surface area contributed by atoms with Gasteiger partial charge in [-0.15, -0.1) is 0 Å². The zero-order chi connectivity index (χ0) is 44.1. The molecule has 9 nitrogen and oxygen atoms in total. The van der Waals surface area contributed by atoms with Gasteiger partial charge in [-0.3, -0.25) is 19.2 Å². The zero-order valence-corrected chi connectivity index (χ0v) is 40.1. The molecule has 61 heavy (non-hydrogen) atoms. The lowest BCUT2D eigenvalue weighted by atomic mass is 9.32. The number of nitrogens with zero attached hydrogens (tertiary/aromatic N) is 2. The molecule has 0 bridgehead atoms. The van der Waals surface area contributed by atoms with Crippen molar-refractivity contribution in [2.45, 2.75) is 178 Å². The monoisotopic (exact) mass is 846 g/mol. The van der Waals surface area contributed by atoms with Gasteiger partial charge in [0.05, 0.1) is 17.3 Å². The number of carboxylic acids is 1. The van der Waals surface area contributed by atoms with Crippen molar-refractivity contribution in [2.24, 2.45) is 90.7 Å². The number of nitrogens with one attached hydrogen (secondary N) is 1. The highest BCUT2D eigenvalue weighted by Gasteiger charge is 2.74. The molecule has 1 saturated heterocycles. The number of carbonyl (C=O) groups excluding carboxylic acids is 3. The van der Waals surface area contributed by atoms with E-state index in [1.807, 2.05) is 13.8 Å². The van der Waals surface area contributed by atoms with Gasteiger partial charge in [0.1, 0.15) is 6.10 Å². The number of amides is 2. The maximum absolute atomic E-state index is 15.3. The molecule has 0 aromatic carbocycles. The molecule has 1 heterocycles. The number of hydrogen-bond donors (Lipinski definition) is 2. The Kier molecular flexibility index (Phi) is 10.2. The van der Waals surface area contributed by atoms with Crippen LogP contribution in [-0.4, -0.2) is 83.5 Å². The summed E-state index contributed by atoms with van der Waals surface area (Å²) < 4.78 is 6.48. The number of rotatable bonds is 8. The molecule has 9 rings (SSSR count). The van der Waals surface area contributed by atoms with Crippen LogP contribution in [0.3, 0.4) is 0 Å². The minimum absolute atomic E-state index is 0.0316. The average Bonchev–Trinajstić information content (AvgIpc) is 3.81. The first-order valence-corrected chi connectivity index (χ1v) is 25.2. The van der Waals surface area contributed by atoms with Crippen LogP contribution >= 0.6 is 0 Å². The second kappa shape index (κ2) is 14.2. The van der Waals surface area contributed by atoms with Crippen molar-refractivity contribution in [3.8, 4) is 0 Å². The predicted octanol–water partition coefficient (Wildman–Crippen LogP) is 9.22. The van der Waals surface area contributed by atoms with Crippen LogP contribution in [0, 0.1) is 90.7 Å². The molecule has 1 aliphatic heterocycles. The Hall–Kier alpha value is -2.16. The van der Waals surface area contributed by atoms with E-state index in [2.05, 4.69) is 77.4 Å². The number of likely N-dealkylation sites (N-methyl/N-ethyl adjacent to an activating group) is 1. The Morgan fingerprint density at radius 3 is 1.93 bits per heavy atom. The van der Waals surface area contributed by atoms with Gasteiger partial charge in [-0.1, -0.05) is 76.2 Å². The minimum Gasteiger partial charge on any atom is -0.481 e. The highest BCUT2D eigenvalue weighted by atomic mass is 16.5. The van der Waals surface area contributed by atoms with Gasteiger partial charge < -0.3 is 25.0 Å². The Balaban J connectivity index is 0.924. The lowest BCUT2D eigenvalue weighted by Crippen LogP contribution is -2.69. The molecular weight excluding hydrogens is 763 g/mol. The third-order valence-electron chi connectivity index (χ3n) is 22.9. The van der Waals surface area contributed by atoms with Crippen LogP contribution in [0.1, 0.15) is 166 Å². The van der Waals surface area contributed by atoms with Crippen LogP contribution in [0.2, 0.25) is 0 Å². The van der Waals surface area contributed by atoms with Crippen molar-refractivity contribution in [1.82, 2.24) is 15.1 Å². The normalized spacial score (nSPS) is 47.5. The van der Waals surface area contributed by atoms with Gasteiger partial charge in [0.2, 0.25) is 11.8 Å². The van der Waals surface area contributed by atoms with Crippen LogP contribution in [0.5, 0.6) is 0 Å². The SMILES string of the molecule is CCN1CCN(C(=O)[C@@H]2C[C@H](NC(=O)[C@]34CCC(C5(C)CC5)[C@@H]3[C@H]3CC[C@@H]5[C@@]6(C)CC[C@H](OC(=O)[C@H]7C[C@@H](C(=O)O)C7(C)C)C(C)(C)[C@@H]6CC[C@@]5(C)[C@]3(C)CC4)C2(C)C)CC1. The average molecular weight is 846 g/mol. The second-order valence-corrected chi connectivity index (χ2v) is 25.8. The van der Waals surface area contributed by atoms with Gasteiger partial charge >= 0.3 is 11.9 Å². The Morgan fingerprint density at radius 1 is 0.639 bits per heavy atom. The third-order valence-corrected chi connectivity index (χ3v) is 22.9. The molecule has 0 aromatic rings. The maximum atomic E-state index is 15.3. The molecule has 0 spiro atoms. The fourth-order valence-corrected chi connectivity index (χ4v) is 17.9. The van der Waals surface area contributed by atoms with Gasteiger partial charge in [0.15, 0.2) is 0 Å². The molecule has 0 radical (unpaired) electrons. The highest BCUT2D eigenvalue weighted by molar-refractivity contribution is 5.86. The first-order chi connectivity index (χ1) is 28.4. The molecule has 2 N–H and O–H groups in total. The van der Waals surface area contributed by atoms with Crippen molar-refractivity contribution >= 4 is 23.8 Å². The molecule has 9 fully saturated rings. The van der Waals surface area contributed by atoms with E-state index in [9.17, 15) is 19.5 Å². The lowest BCUT2D eigenvalue weighted by molar-refractivity contribution is -0.252. The molecule has 14 atom stereocenters. The van der Waals surface area contributed by atoms with Gasteiger partial charge in [-0.25, -0.2) is 0 Å². The summed E-state index contributed by atoms with van der Waals surface area (Å²) in [5.74, 6) is 1.23. The van der Waals surface area contributed by atoms with E-state index in [0.29, 0.717) is 47.3 Å². The fourth-order valence-electron chi connectivity index (χ4n) is 17.9. The Morgan fingerprint density at radius 2 is 1.33 bits per heavy atom. The lowest BCUT2D eigenvalue weighted by Gasteiger charge is -2.73. The standard InChI is InChI=1S/C52H83N3O6/c1-12-54-25-27-55(28-26-54)41(56)33-30-38(46(33,4)5)53-44(60)52-20-15-31(48(8)21-22-48)40(52)32-13-14-37-49(9)18-17-39(61-43(59)35-29-34(42(57)58)45(35,2)3)47(6,7)36(49)16-19-51(37,11)50(32,10)23-24-52/h31-40H,12-30H2,1-11H3,(H,53,60)(H,57,58)/t31?,32-,33+,34+,35-,36+,37-,38+,39+,40-,49+,50-,51-,52+/m1/s1. The van der Waals surface area contributed by atoms with E-state index in [4.69, 9.17) is 4.74 Å². The number of ether oxygens (including phenoxy) is 1. The van der Waals surface area contributed by atoms with Crippen LogP contribution < -0.4 is 5.32 Å². The summed E-state index contributed by atoms with van der Waals surface area (Å²) in [6.07, 6.45) is 14.4. The number of carbonyl (C=O) groups is 4. The first kappa shape index (κ1) is 44.1. The summed E-state index contributed by atoms with van der Waals surface area (Å²) in [4.78, 5) is 59.2. The van der Waals surface area contributed by atoms with Crippen LogP contribution in [0.25, 0.3) is 0 Å². The quantitative estimate of drug-likeness (QED) is 0.234. The number of aliphatic carboxylic acids is 1. The second-order valence-electron chi connectivity index (χ2n) is 25.8. The first-order valence-electron chi connectivity index (χ1n) is 25.2. The fraction of sp³-hybridized carbons (Fsp3) is 0.923. The van der Waals surface area contributed by atoms with Crippen LogP contribution in [0.4, 0.5) is 0 Å². The van der Waals surface area contributed by atoms with Gasteiger partial charge in [0.25, 0.3) is 0 Å². The van der Waals surface area contributed by atoms with Crippen molar-refractivity contribution in [1.29, 1.82) is 0 Å². The molecule has 2 amide bonds. The van der Waals surface area contributed by atoms with E-state index in [1.54, 1.807) is 0 Å². The summed E-state index contributed by atoms with van der Waals surface area (Å²) in [6, 6.07) is 0.0351. The molecule has 1 unspecified atom stereocenters. The molecule has 342 valence electrons. The Bertz CT molecular complexity index is 1810. The molecule has 8 aliphatic carbocycles. The largest absolute Gasteiger partial charge is 0.481 e. The number of piperazine rings is 1. The van der Waals surface area contributed by atoms with Crippen molar-refractivity contribution in [2.75, 3.05) is 32.7 Å². The van der Waals surface area contributed by atoms with E-state index in [-0.39, 0.29) is 68.3 Å². The number of carboxylic acid groups (broad SMARTS) is 1. The highest BCUT2D eigenvalue weighted by Crippen LogP contribution is 2.79. The smallest absolute Gasteiger partial charge is 0.309 e. The molecule has 0 aromatic heterocycles. The summed E-state index contributed by atoms with van der Waals surface area (Å²) in [6.45, 7) is 30.2. The number of fused-ring (bicyclic) bond motifs is 7. The molecule has 9 heteroatoms. The Labute approximate surface area is 368 Å². The predicted molar refractivity (Wildman–Crippen MR) is 237 cm³/mol. The van der Waals surface area contributed by atoms with Crippen molar-refractivity contribution in [3.63, 3.8) is 0 Å². The van der Waals surface area contributed by atoms with Crippen molar-refractivity contribution < 1.29 is 29.0 Å². The van der Waals surface area contributed by atoms with Gasteiger partial charge in [-0.2, -0.15) is 0 Å². The topological polar surface area (TPSA) is 116 Å². The number of hydrogen-bond acceptors (Lipinski definition) is 6. The van der Waals surface area contributed by atoms with E-state index < -0.39 is 17.3 Å².